The van der Waals surface area contributed by atoms with E-state index in [4.69, 9.17) is 4.74 Å². The molecule has 0 saturated heterocycles. The highest BCUT2D eigenvalue weighted by Crippen LogP contribution is 2.31. The molecule has 8 heteroatoms. The van der Waals surface area contributed by atoms with Crippen LogP contribution < -0.4 is 14.4 Å². The average Bonchev–Trinajstić information content (AvgIpc) is 3.05. The fraction of sp³-hybridized carbons (Fsp3) is 0.211. The summed E-state index contributed by atoms with van der Waals surface area (Å²) in [5, 5.41) is 3.69. The molecule has 27 heavy (non-hydrogen) atoms. The molecule has 0 atom stereocenters. The highest BCUT2D eigenvalue weighted by Gasteiger charge is 2.16. The first-order valence-electron chi connectivity index (χ1n) is 8.30. The maximum Gasteiger partial charge on any atom is 0.265 e. The molecule has 6 nitrogen and oxygen atoms in total. The van der Waals surface area contributed by atoms with Crippen LogP contribution in [-0.2, 0) is 10.0 Å². The van der Waals surface area contributed by atoms with Crippen LogP contribution in [0.2, 0.25) is 0 Å². The van der Waals surface area contributed by atoms with Crippen LogP contribution in [0.4, 0.5) is 11.4 Å². The Morgan fingerprint density at radius 2 is 1.93 bits per heavy atom. The average molecular weight is 405 g/mol. The molecule has 0 aliphatic rings. The van der Waals surface area contributed by atoms with Gasteiger partial charge in [0, 0.05) is 11.7 Å². The van der Waals surface area contributed by atoms with E-state index >= 15 is 0 Å². The predicted molar refractivity (Wildman–Crippen MR) is 111 cm³/mol. The fourth-order valence-electron chi connectivity index (χ4n) is 2.57. The quantitative estimate of drug-likeness (QED) is 0.675. The number of nitrogens with one attached hydrogen (secondary N) is 1. The highest BCUT2D eigenvalue weighted by molar-refractivity contribution is 7.92. The van der Waals surface area contributed by atoms with Crippen LogP contribution in [0.25, 0.3) is 10.1 Å². The van der Waals surface area contributed by atoms with Gasteiger partial charge >= 0.3 is 0 Å². The number of para-hydroxylation sites is 2. The number of nitrogens with zero attached hydrogens (tertiary/aromatic N) is 1. The van der Waals surface area contributed by atoms with Gasteiger partial charge in [-0.15, -0.1) is 11.3 Å². The lowest BCUT2D eigenvalue weighted by atomic mass is 10.2. The Kier molecular flexibility index (Phi) is 5.38. The smallest absolute Gasteiger partial charge is 0.265 e. The van der Waals surface area contributed by atoms with E-state index in [0.717, 1.165) is 16.3 Å². The highest BCUT2D eigenvalue weighted by atomic mass is 32.2. The van der Waals surface area contributed by atoms with Crippen molar-refractivity contribution in [3.8, 4) is 5.75 Å². The normalized spacial score (nSPS) is 11.4. The van der Waals surface area contributed by atoms with Crippen molar-refractivity contribution < 1.29 is 17.9 Å². The second-order valence-electron chi connectivity index (χ2n) is 5.95. The van der Waals surface area contributed by atoms with E-state index in [1.807, 2.05) is 25.1 Å². The Bertz CT molecular complexity index is 1090. The number of anilines is 2. The van der Waals surface area contributed by atoms with Gasteiger partial charge < -0.3 is 10.1 Å². The van der Waals surface area contributed by atoms with E-state index in [-0.39, 0.29) is 5.91 Å². The summed E-state index contributed by atoms with van der Waals surface area (Å²) >= 11 is 1.35. The van der Waals surface area contributed by atoms with Gasteiger partial charge in [-0.25, -0.2) is 8.42 Å². The van der Waals surface area contributed by atoms with Crippen LogP contribution in [0.5, 0.6) is 5.75 Å². The van der Waals surface area contributed by atoms with Crippen molar-refractivity contribution in [3.63, 3.8) is 0 Å². The van der Waals surface area contributed by atoms with Gasteiger partial charge in [-0.3, -0.25) is 9.10 Å². The number of benzene rings is 2. The zero-order valence-electron chi connectivity index (χ0n) is 15.2. The van der Waals surface area contributed by atoms with Crippen LogP contribution in [0.15, 0.2) is 48.5 Å². The number of amides is 1. The second kappa shape index (κ2) is 7.58. The first-order valence-corrected chi connectivity index (χ1v) is 11.0. The minimum absolute atomic E-state index is 0.235. The van der Waals surface area contributed by atoms with E-state index < -0.39 is 10.0 Å². The van der Waals surface area contributed by atoms with E-state index in [9.17, 15) is 13.2 Å². The summed E-state index contributed by atoms with van der Waals surface area (Å²) in [6, 6.07) is 14.3. The molecule has 2 aromatic carbocycles. The van der Waals surface area contributed by atoms with E-state index in [1.165, 1.54) is 22.7 Å². The summed E-state index contributed by atoms with van der Waals surface area (Å²) in [7, 11) is -1.84. The van der Waals surface area contributed by atoms with Crippen molar-refractivity contribution in [1.82, 2.24) is 0 Å². The molecular formula is C19H20N2O4S2. The van der Waals surface area contributed by atoms with E-state index in [0.29, 0.717) is 28.6 Å². The fourth-order valence-corrected chi connectivity index (χ4v) is 4.00. The maximum atomic E-state index is 12.7. The molecule has 0 saturated carbocycles. The van der Waals surface area contributed by atoms with Crippen LogP contribution >= 0.6 is 11.3 Å². The van der Waals surface area contributed by atoms with Gasteiger partial charge in [0.1, 0.15) is 5.75 Å². The standard InChI is InChI=1S/C19H20N2O4S2/c1-4-25-16-8-6-5-7-15(16)20-19(22)18-12-13-11-14(9-10-17(13)26-18)21(2)27(3,23)24/h5-12H,4H2,1-3H3,(H,20,22). The number of hydrogen-bond acceptors (Lipinski definition) is 5. The summed E-state index contributed by atoms with van der Waals surface area (Å²) in [5.41, 5.74) is 1.16. The van der Waals surface area contributed by atoms with Crippen molar-refractivity contribution in [3.05, 3.63) is 53.4 Å². The molecule has 0 spiro atoms. The molecule has 3 rings (SSSR count). The molecule has 0 bridgehead atoms. The van der Waals surface area contributed by atoms with Gasteiger partial charge in [-0.05, 0) is 48.7 Å². The molecule has 0 aliphatic heterocycles. The van der Waals surface area contributed by atoms with Crippen molar-refractivity contribution in [2.24, 2.45) is 0 Å². The van der Waals surface area contributed by atoms with Crippen molar-refractivity contribution in [1.29, 1.82) is 0 Å². The number of fused-ring (bicyclic) bond motifs is 1. The van der Waals surface area contributed by atoms with Crippen LogP contribution in [0.1, 0.15) is 16.6 Å². The summed E-state index contributed by atoms with van der Waals surface area (Å²) in [6.07, 6.45) is 1.15. The molecule has 3 aromatic rings. The van der Waals surface area contributed by atoms with Gasteiger partial charge in [0.05, 0.1) is 29.1 Å². The molecule has 1 aromatic heterocycles. The molecule has 0 radical (unpaired) electrons. The number of thiophene rings is 1. The number of carbonyl (C=O) groups excluding carboxylic acids is 1. The number of rotatable bonds is 6. The van der Waals surface area contributed by atoms with Crippen LogP contribution in [-0.4, -0.2) is 34.2 Å². The molecule has 1 heterocycles. The minimum atomic E-state index is -3.34. The third-order valence-corrected chi connectivity index (χ3v) is 6.34. The summed E-state index contributed by atoms with van der Waals surface area (Å²) in [5.74, 6) is 0.382. The summed E-state index contributed by atoms with van der Waals surface area (Å²) in [4.78, 5) is 13.2. The second-order valence-corrected chi connectivity index (χ2v) is 9.04. The topological polar surface area (TPSA) is 75.7 Å². The van der Waals surface area contributed by atoms with Crippen LogP contribution in [0, 0.1) is 0 Å². The van der Waals surface area contributed by atoms with Crippen molar-refractivity contribution in [2.75, 3.05) is 29.5 Å². The largest absolute Gasteiger partial charge is 0.492 e. The zero-order valence-corrected chi connectivity index (χ0v) is 16.9. The SMILES string of the molecule is CCOc1ccccc1NC(=O)c1cc2cc(N(C)S(C)(=O)=O)ccc2s1. The Labute approximate surface area is 162 Å². The summed E-state index contributed by atoms with van der Waals surface area (Å²) in [6.45, 7) is 2.39. The monoisotopic (exact) mass is 404 g/mol. The van der Waals surface area contributed by atoms with Crippen LogP contribution in [0.3, 0.4) is 0 Å². The molecule has 1 amide bonds. The number of ether oxygens (including phenoxy) is 1. The number of carbonyl (C=O) groups is 1. The molecule has 0 aliphatic carbocycles. The van der Waals surface area contributed by atoms with Gasteiger partial charge in [0.15, 0.2) is 0 Å². The predicted octanol–water partition coefficient (Wildman–Crippen LogP) is 3.95. The first kappa shape index (κ1) is 19.2. The Morgan fingerprint density at radius 1 is 1.19 bits per heavy atom. The Morgan fingerprint density at radius 3 is 2.63 bits per heavy atom. The lowest BCUT2D eigenvalue weighted by Gasteiger charge is -2.16. The lowest BCUT2D eigenvalue weighted by Crippen LogP contribution is -2.24. The van der Waals surface area contributed by atoms with Gasteiger partial charge in [-0.1, -0.05) is 12.1 Å². The molecule has 142 valence electrons. The Hall–Kier alpha value is -2.58. The lowest BCUT2D eigenvalue weighted by molar-refractivity contribution is 0.103. The maximum absolute atomic E-state index is 12.7. The van der Waals surface area contributed by atoms with Gasteiger partial charge in [-0.2, -0.15) is 0 Å². The first-order chi connectivity index (χ1) is 12.8. The Balaban J connectivity index is 1.88. The number of sulfonamides is 1. The van der Waals surface area contributed by atoms with Gasteiger partial charge in [0.2, 0.25) is 10.0 Å². The molecule has 0 unspecified atom stereocenters. The van der Waals surface area contributed by atoms with E-state index in [1.54, 1.807) is 30.3 Å². The zero-order chi connectivity index (χ0) is 19.6. The summed E-state index contributed by atoms with van der Waals surface area (Å²) < 4.78 is 31.1. The van der Waals surface area contributed by atoms with E-state index in [2.05, 4.69) is 5.32 Å². The minimum Gasteiger partial charge on any atom is -0.492 e. The molecule has 1 N–H and O–H groups in total. The third kappa shape index (κ3) is 4.23. The van der Waals surface area contributed by atoms with Crippen molar-refractivity contribution >= 4 is 48.7 Å². The van der Waals surface area contributed by atoms with Crippen molar-refractivity contribution in [2.45, 2.75) is 6.92 Å². The third-order valence-electron chi connectivity index (χ3n) is 4.02. The number of hydrogen-bond donors (Lipinski definition) is 1. The molecule has 0 fully saturated rings. The van der Waals surface area contributed by atoms with Gasteiger partial charge in [0.25, 0.3) is 5.91 Å². The molecular weight excluding hydrogens is 384 g/mol.